The van der Waals surface area contributed by atoms with Crippen molar-refractivity contribution in [2.24, 2.45) is 0 Å². The summed E-state index contributed by atoms with van der Waals surface area (Å²) in [7, 11) is 1.77. The van der Waals surface area contributed by atoms with Gasteiger partial charge in [-0.25, -0.2) is 9.97 Å². The maximum absolute atomic E-state index is 5.65. The second kappa shape index (κ2) is 3.16. The van der Waals surface area contributed by atoms with Crippen LogP contribution in [0, 0.1) is 0 Å². The summed E-state index contributed by atoms with van der Waals surface area (Å²) in [5.41, 5.74) is 0. The molecule has 5 heteroatoms. The van der Waals surface area contributed by atoms with Crippen LogP contribution < -0.4 is 5.32 Å². The van der Waals surface area contributed by atoms with Gasteiger partial charge in [-0.1, -0.05) is 11.6 Å². The number of nitrogens with zero attached hydrogens (tertiary/aromatic N) is 2. The van der Waals surface area contributed by atoms with Gasteiger partial charge in [-0.2, -0.15) is 0 Å². The zero-order valence-electron chi connectivity index (χ0n) is 5.23. The fraction of sp³-hybridized carbons (Fsp3) is 0.200. The van der Waals surface area contributed by atoms with Crippen molar-refractivity contribution in [1.82, 2.24) is 9.97 Å². The van der Waals surface area contributed by atoms with Gasteiger partial charge in [0.2, 0.25) is 0 Å². The molecule has 0 atom stereocenters. The molecular formula is C5H5BrClN3. The average Bonchev–Trinajstić information content (AvgIpc) is 1.95. The van der Waals surface area contributed by atoms with Gasteiger partial charge in [-0.3, -0.25) is 0 Å². The third-order valence-electron chi connectivity index (χ3n) is 0.984. The van der Waals surface area contributed by atoms with E-state index in [-0.39, 0.29) is 0 Å². The molecule has 0 fully saturated rings. The van der Waals surface area contributed by atoms with Crippen molar-refractivity contribution in [3.05, 3.63) is 16.0 Å². The summed E-state index contributed by atoms with van der Waals surface area (Å²) in [6.07, 6.45) is 1.40. The number of hydrogen-bond acceptors (Lipinski definition) is 3. The standard InChI is InChI=1S/C5H5BrClN3/c1-8-5-3(6)4(7)9-2-10-5/h2H,1H3,(H,8,9,10). The molecule has 1 heterocycles. The molecule has 3 nitrogen and oxygen atoms in total. The molecule has 0 amide bonds. The highest BCUT2D eigenvalue weighted by molar-refractivity contribution is 9.10. The Hall–Kier alpha value is -0.350. The smallest absolute Gasteiger partial charge is 0.148 e. The number of halogens is 2. The zero-order valence-corrected chi connectivity index (χ0v) is 7.57. The summed E-state index contributed by atoms with van der Waals surface area (Å²) in [5.74, 6) is 0.694. The highest BCUT2D eigenvalue weighted by Crippen LogP contribution is 2.25. The number of anilines is 1. The number of aromatic nitrogens is 2. The molecule has 0 radical (unpaired) electrons. The van der Waals surface area contributed by atoms with E-state index in [9.17, 15) is 0 Å². The number of nitrogens with one attached hydrogen (secondary N) is 1. The summed E-state index contributed by atoms with van der Waals surface area (Å²) < 4.78 is 0.694. The van der Waals surface area contributed by atoms with E-state index in [2.05, 4.69) is 31.2 Å². The quantitative estimate of drug-likeness (QED) is 0.738. The second-order valence-corrected chi connectivity index (χ2v) is 2.73. The zero-order chi connectivity index (χ0) is 7.56. The van der Waals surface area contributed by atoms with Crippen molar-refractivity contribution in [3.63, 3.8) is 0 Å². The Morgan fingerprint density at radius 1 is 1.60 bits per heavy atom. The van der Waals surface area contributed by atoms with E-state index in [1.165, 1.54) is 6.33 Å². The molecule has 0 spiro atoms. The van der Waals surface area contributed by atoms with Gasteiger partial charge in [0.1, 0.15) is 17.3 Å². The second-order valence-electron chi connectivity index (χ2n) is 1.58. The highest BCUT2D eigenvalue weighted by atomic mass is 79.9. The van der Waals surface area contributed by atoms with Crippen LogP contribution in [-0.2, 0) is 0 Å². The predicted molar refractivity (Wildman–Crippen MR) is 44.3 cm³/mol. The minimum Gasteiger partial charge on any atom is -0.372 e. The van der Waals surface area contributed by atoms with E-state index in [1.54, 1.807) is 7.05 Å². The summed E-state index contributed by atoms with van der Waals surface area (Å²) in [6.45, 7) is 0. The summed E-state index contributed by atoms with van der Waals surface area (Å²) in [4.78, 5) is 7.66. The van der Waals surface area contributed by atoms with Gasteiger partial charge in [-0.05, 0) is 15.9 Å². The van der Waals surface area contributed by atoms with Crippen molar-refractivity contribution in [3.8, 4) is 0 Å². The fourth-order valence-corrected chi connectivity index (χ4v) is 1.06. The topological polar surface area (TPSA) is 37.8 Å². The Kier molecular flexibility index (Phi) is 2.45. The van der Waals surface area contributed by atoms with Crippen molar-refractivity contribution in [2.75, 3.05) is 12.4 Å². The van der Waals surface area contributed by atoms with Gasteiger partial charge in [0, 0.05) is 7.05 Å². The normalized spacial score (nSPS) is 9.50. The lowest BCUT2D eigenvalue weighted by Gasteiger charge is -2.00. The first-order valence-corrected chi connectivity index (χ1v) is 3.76. The number of hydrogen-bond donors (Lipinski definition) is 1. The minimum atomic E-state index is 0.416. The first-order chi connectivity index (χ1) is 4.75. The summed E-state index contributed by atoms with van der Waals surface area (Å²) in [5, 5.41) is 3.27. The summed E-state index contributed by atoms with van der Waals surface area (Å²) in [6, 6.07) is 0. The molecule has 0 unspecified atom stereocenters. The molecule has 54 valence electrons. The SMILES string of the molecule is CNc1ncnc(Cl)c1Br. The van der Waals surface area contributed by atoms with E-state index >= 15 is 0 Å². The molecule has 0 saturated heterocycles. The molecule has 0 saturated carbocycles. The molecule has 1 N–H and O–H groups in total. The third-order valence-corrected chi connectivity index (χ3v) is 2.25. The van der Waals surface area contributed by atoms with Crippen molar-refractivity contribution in [2.45, 2.75) is 0 Å². The lowest BCUT2D eigenvalue weighted by atomic mass is 10.6. The molecule has 0 bridgehead atoms. The van der Waals surface area contributed by atoms with Crippen LogP contribution in [0.3, 0.4) is 0 Å². The van der Waals surface area contributed by atoms with Crippen molar-refractivity contribution in [1.29, 1.82) is 0 Å². The van der Waals surface area contributed by atoms with Gasteiger partial charge in [0.15, 0.2) is 0 Å². The lowest BCUT2D eigenvalue weighted by Crippen LogP contribution is -1.94. The van der Waals surface area contributed by atoms with E-state index in [0.717, 1.165) is 0 Å². The molecular weight excluding hydrogens is 217 g/mol. The van der Waals surface area contributed by atoms with Crippen LogP contribution in [0.5, 0.6) is 0 Å². The van der Waals surface area contributed by atoms with Crippen LogP contribution in [0.1, 0.15) is 0 Å². The van der Waals surface area contributed by atoms with Crippen molar-refractivity contribution < 1.29 is 0 Å². The van der Waals surface area contributed by atoms with Gasteiger partial charge in [0.25, 0.3) is 0 Å². The molecule has 10 heavy (non-hydrogen) atoms. The van der Waals surface area contributed by atoms with E-state index in [4.69, 9.17) is 11.6 Å². The molecule has 1 aromatic heterocycles. The highest BCUT2D eigenvalue weighted by Gasteiger charge is 2.02. The number of rotatable bonds is 1. The molecule has 0 aliphatic rings. The Labute approximate surface area is 72.0 Å². The van der Waals surface area contributed by atoms with Crippen LogP contribution in [0.2, 0.25) is 5.15 Å². The lowest BCUT2D eigenvalue weighted by molar-refractivity contribution is 1.14. The predicted octanol–water partition coefficient (Wildman–Crippen LogP) is 1.93. The van der Waals surface area contributed by atoms with E-state index in [0.29, 0.717) is 15.4 Å². The third kappa shape index (κ3) is 1.38. The van der Waals surface area contributed by atoms with Crippen LogP contribution in [0.25, 0.3) is 0 Å². The van der Waals surface area contributed by atoms with E-state index in [1.807, 2.05) is 0 Å². The average molecular weight is 222 g/mol. The largest absolute Gasteiger partial charge is 0.372 e. The molecule has 1 aromatic rings. The fourth-order valence-electron chi connectivity index (χ4n) is 0.523. The van der Waals surface area contributed by atoms with E-state index < -0.39 is 0 Å². The van der Waals surface area contributed by atoms with Gasteiger partial charge in [0.05, 0.1) is 4.47 Å². The molecule has 1 rings (SSSR count). The Morgan fingerprint density at radius 2 is 2.30 bits per heavy atom. The molecule has 0 aromatic carbocycles. The Balaban J connectivity index is 3.14. The first-order valence-electron chi connectivity index (χ1n) is 2.59. The monoisotopic (exact) mass is 221 g/mol. The molecule has 0 aliphatic heterocycles. The minimum absolute atomic E-state index is 0.416. The molecule has 0 aliphatic carbocycles. The summed E-state index contributed by atoms with van der Waals surface area (Å²) >= 11 is 8.88. The van der Waals surface area contributed by atoms with Gasteiger partial charge < -0.3 is 5.32 Å². The van der Waals surface area contributed by atoms with Gasteiger partial charge in [-0.15, -0.1) is 0 Å². The Morgan fingerprint density at radius 3 is 2.80 bits per heavy atom. The van der Waals surface area contributed by atoms with Gasteiger partial charge >= 0.3 is 0 Å². The maximum Gasteiger partial charge on any atom is 0.148 e. The van der Waals surface area contributed by atoms with Crippen LogP contribution in [0.4, 0.5) is 5.82 Å². The van der Waals surface area contributed by atoms with Crippen LogP contribution >= 0.6 is 27.5 Å². The maximum atomic E-state index is 5.65. The Bertz CT molecular complexity index is 240. The van der Waals surface area contributed by atoms with Crippen LogP contribution in [0.15, 0.2) is 10.8 Å². The first kappa shape index (κ1) is 7.75. The van der Waals surface area contributed by atoms with Crippen molar-refractivity contribution >= 4 is 33.3 Å². The van der Waals surface area contributed by atoms with Crippen LogP contribution in [-0.4, -0.2) is 17.0 Å².